The van der Waals surface area contributed by atoms with Crippen molar-refractivity contribution in [1.82, 2.24) is 0 Å². The van der Waals surface area contributed by atoms with Gasteiger partial charge in [0.25, 0.3) is 0 Å². The highest BCUT2D eigenvalue weighted by Gasteiger charge is 2.44. The van der Waals surface area contributed by atoms with Crippen molar-refractivity contribution in [3.63, 3.8) is 0 Å². The van der Waals surface area contributed by atoms with Crippen LogP contribution in [0.1, 0.15) is 29.7 Å². The van der Waals surface area contributed by atoms with Gasteiger partial charge in [-0.1, -0.05) is 0 Å². The predicted molar refractivity (Wildman–Crippen MR) is 47.7 cm³/mol. The summed E-state index contributed by atoms with van der Waals surface area (Å²) < 4.78 is 5.31. The minimum absolute atomic E-state index is 0.175. The maximum atomic E-state index is 6.04. The van der Waals surface area contributed by atoms with Crippen molar-refractivity contribution in [3.8, 4) is 0 Å². The van der Waals surface area contributed by atoms with Crippen LogP contribution in [-0.2, 0) is 5.54 Å². The largest absolute Gasteiger partial charge is 0.446 e. The fraction of sp³-hybridized carbons (Fsp3) is 0.556. The first-order valence-electron chi connectivity index (χ1n) is 4.19. The molecule has 3 heteroatoms. The molecule has 12 heavy (non-hydrogen) atoms. The lowest BCUT2D eigenvalue weighted by Crippen LogP contribution is -2.20. The minimum Gasteiger partial charge on any atom is -0.446 e. The third-order valence-corrected chi connectivity index (χ3v) is 2.70. The van der Waals surface area contributed by atoms with E-state index >= 15 is 0 Å². The molecule has 0 aliphatic heterocycles. The second-order valence-electron chi connectivity index (χ2n) is 3.68. The first-order valence-corrected chi connectivity index (χ1v) is 4.19. The van der Waals surface area contributed by atoms with Gasteiger partial charge in [0.1, 0.15) is 5.76 Å². The average Bonchev–Trinajstić information content (AvgIpc) is 2.62. The van der Waals surface area contributed by atoms with Crippen molar-refractivity contribution >= 4 is 5.88 Å². The molecule has 0 unspecified atom stereocenters. The Labute approximate surface area is 71.7 Å². The molecule has 0 atom stereocenters. The van der Waals surface area contributed by atoms with Crippen molar-refractivity contribution in [2.75, 3.05) is 5.73 Å². The first kappa shape index (κ1) is 7.68. The lowest BCUT2D eigenvalue weighted by molar-refractivity contribution is 0.546. The summed E-state index contributed by atoms with van der Waals surface area (Å²) in [6.45, 7) is 3.93. The number of nitrogens with two attached hydrogens (primary N) is 2. The monoisotopic (exact) mass is 166 g/mol. The molecule has 4 N–H and O–H groups in total. The van der Waals surface area contributed by atoms with Crippen molar-refractivity contribution in [1.29, 1.82) is 0 Å². The molecule has 0 aromatic carbocycles. The van der Waals surface area contributed by atoms with Crippen LogP contribution in [0, 0.1) is 13.8 Å². The van der Waals surface area contributed by atoms with Gasteiger partial charge in [-0.15, -0.1) is 0 Å². The second kappa shape index (κ2) is 2.04. The molecule has 1 aliphatic carbocycles. The standard InChI is InChI=1S/C9H14N2O/c1-5-6(2)12-8(10)7(5)9(11)3-4-9/h3-4,10-11H2,1-2H3. The Kier molecular flexibility index (Phi) is 1.31. The lowest BCUT2D eigenvalue weighted by Gasteiger charge is -2.07. The fourth-order valence-electron chi connectivity index (χ4n) is 1.66. The summed E-state index contributed by atoms with van der Waals surface area (Å²) in [5, 5.41) is 0. The van der Waals surface area contributed by atoms with E-state index in [0.29, 0.717) is 5.88 Å². The molecule has 66 valence electrons. The van der Waals surface area contributed by atoms with Gasteiger partial charge in [0.2, 0.25) is 0 Å². The Morgan fingerprint density at radius 2 is 1.92 bits per heavy atom. The van der Waals surface area contributed by atoms with Gasteiger partial charge in [-0.05, 0) is 32.3 Å². The van der Waals surface area contributed by atoms with Crippen LogP contribution in [0.25, 0.3) is 0 Å². The first-order chi connectivity index (χ1) is 5.54. The molecule has 0 spiro atoms. The highest BCUT2D eigenvalue weighted by molar-refractivity contribution is 5.51. The maximum absolute atomic E-state index is 6.04. The summed E-state index contributed by atoms with van der Waals surface area (Å²) in [4.78, 5) is 0. The number of hydrogen-bond donors (Lipinski definition) is 2. The van der Waals surface area contributed by atoms with Gasteiger partial charge >= 0.3 is 0 Å². The highest BCUT2D eigenvalue weighted by Crippen LogP contribution is 2.47. The lowest BCUT2D eigenvalue weighted by atomic mass is 10.0. The zero-order valence-corrected chi connectivity index (χ0v) is 7.48. The Hall–Kier alpha value is -0.960. The van der Waals surface area contributed by atoms with E-state index in [1.807, 2.05) is 13.8 Å². The van der Waals surface area contributed by atoms with E-state index < -0.39 is 0 Å². The molecule has 1 fully saturated rings. The SMILES string of the molecule is Cc1oc(N)c(C2(N)CC2)c1C. The zero-order valence-electron chi connectivity index (χ0n) is 7.48. The smallest absolute Gasteiger partial charge is 0.195 e. The second-order valence-corrected chi connectivity index (χ2v) is 3.68. The van der Waals surface area contributed by atoms with E-state index in [1.54, 1.807) is 0 Å². The molecule has 1 saturated carbocycles. The van der Waals surface area contributed by atoms with E-state index in [9.17, 15) is 0 Å². The molecule has 0 saturated heterocycles. The molecular weight excluding hydrogens is 152 g/mol. The molecular formula is C9H14N2O. The van der Waals surface area contributed by atoms with E-state index in [1.165, 1.54) is 0 Å². The van der Waals surface area contributed by atoms with E-state index in [0.717, 1.165) is 29.7 Å². The van der Waals surface area contributed by atoms with Gasteiger partial charge < -0.3 is 15.9 Å². The molecule has 1 aromatic rings. The van der Waals surface area contributed by atoms with Gasteiger partial charge in [-0.2, -0.15) is 0 Å². The van der Waals surface area contributed by atoms with Crippen LogP contribution in [0.3, 0.4) is 0 Å². The fourth-order valence-corrected chi connectivity index (χ4v) is 1.66. The number of anilines is 1. The number of rotatable bonds is 1. The van der Waals surface area contributed by atoms with Crippen LogP contribution < -0.4 is 11.5 Å². The van der Waals surface area contributed by atoms with Gasteiger partial charge in [0, 0.05) is 11.1 Å². The Balaban J connectivity index is 2.55. The van der Waals surface area contributed by atoms with Crippen molar-refractivity contribution in [2.24, 2.45) is 5.73 Å². The van der Waals surface area contributed by atoms with E-state index in [4.69, 9.17) is 15.9 Å². The normalized spacial score (nSPS) is 19.6. The van der Waals surface area contributed by atoms with Crippen LogP contribution >= 0.6 is 0 Å². The van der Waals surface area contributed by atoms with Gasteiger partial charge in [0.05, 0.1) is 0 Å². The predicted octanol–water partition coefficient (Wildman–Crippen LogP) is 1.43. The minimum atomic E-state index is -0.175. The summed E-state index contributed by atoms with van der Waals surface area (Å²) in [7, 11) is 0. The molecule has 0 radical (unpaired) electrons. The van der Waals surface area contributed by atoms with E-state index in [2.05, 4.69) is 0 Å². The quantitative estimate of drug-likeness (QED) is 0.663. The van der Waals surface area contributed by atoms with Gasteiger partial charge in [0.15, 0.2) is 5.88 Å². The third kappa shape index (κ3) is 0.862. The summed E-state index contributed by atoms with van der Waals surface area (Å²) in [6.07, 6.45) is 2.05. The van der Waals surface area contributed by atoms with Crippen LogP contribution in [0.2, 0.25) is 0 Å². The Bertz CT molecular complexity index is 324. The molecule has 3 nitrogen and oxygen atoms in total. The molecule has 0 amide bonds. The summed E-state index contributed by atoms with van der Waals surface area (Å²) >= 11 is 0. The van der Waals surface area contributed by atoms with Crippen molar-refractivity contribution in [2.45, 2.75) is 32.2 Å². The zero-order chi connectivity index (χ0) is 8.93. The number of hydrogen-bond acceptors (Lipinski definition) is 3. The maximum Gasteiger partial charge on any atom is 0.195 e. The molecule has 1 aromatic heterocycles. The molecule has 1 aliphatic rings. The average molecular weight is 166 g/mol. The van der Waals surface area contributed by atoms with Crippen LogP contribution in [0.5, 0.6) is 0 Å². The third-order valence-electron chi connectivity index (χ3n) is 2.70. The van der Waals surface area contributed by atoms with E-state index in [-0.39, 0.29) is 5.54 Å². The number of nitrogen functional groups attached to an aromatic ring is 1. The summed E-state index contributed by atoms with van der Waals surface area (Å²) in [5.74, 6) is 1.39. The topological polar surface area (TPSA) is 65.2 Å². The molecule has 0 bridgehead atoms. The van der Waals surface area contributed by atoms with Gasteiger partial charge in [-0.25, -0.2) is 0 Å². The summed E-state index contributed by atoms with van der Waals surface area (Å²) in [6, 6.07) is 0. The molecule has 1 heterocycles. The van der Waals surface area contributed by atoms with Crippen molar-refractivity contribution < 1.29 is 4.42 Å². The van der Waals surface area contributed by atoms with Crippen molar-refractivity contribution in [3.05, 3.63) is 16.9 Å². The van der Waals surface area contributed by atoms with Crippen LogP contribution in [0.15, 0.2) is 4.42 Å². The number of furan rings is 1. The summed E-state index contributed by atoms with van der Waals surface area (Å²) in [5.41, 5.74) is 13.7. The number of aryl methyl sites for hydroxylation is 1. The Morgan fingerprint density at radius 1 is 1.33 bits per heavy atom. The van der Waals surface area contributed by atoms with Crippen LogP contribution in [-0.4, -0.2) is 0 Å². The molecule has 2 rings (SSSR count). The Morgan fingerprint density at radius 3 is 2.25 bits per heavy atom. The van der Waals surface area contributed by atoms with Gasteiger partial charge in [-0.3, -0.25) is 0 Å². The van der Waals surface area contributed by atoms with Crippen LogP contribution in [0.4, 0.5) is 5.88 Å². The highest BCUT2D eigenvalue weighted by atomic mass is 16.4.